The van der Waals surface area contributed by atoms with Gasteiger partial charge in [-0.2, -0.15) is 0 Å². The Bertz CT molecular complexity index is 905. The van der Waals surface area contributed by atoms with Crippen LogP contribution in [0.15, 0.2) is 42.6 Å². The fraction of sp³-hybridized carbons (Fsp3) is 0.0588. The van der Waals surface area contributed by atoms with Crippen LogP contribution in [0.2, 0.25) is 15.1 Å². The number of pyridine rings is 1. The molecular formula is C17H11Cl3N2O. The molecule has 3 nitrogen and oxygen atoms in total. The van der Waals surface area contributed by atoms with Crippen LogP contribution >= 0.6 is 34.8 Å². The van der Waals surface area contributed by atoms with Crippen molar-refractivity contribution < 1.29 is 4.79 Å². The third-order valence-electron chi connectivity index (χ3n) is 3.44. The van der Waals surface area contributed by atoms with Gasteiger partial charge in [0.25, 0.3) is 5.91 Å². The SMILES string of the molecule is Cc1cnc2c(NC(=O)c3c(Cl)cccc3Cl)cccc2c1Cl. The second-order valence-corrected chi connectivity index (χ2v) is 6.20. The van der Waals surface area contributed by atoms with E-state index >= 15 is 0 Å². The molecule has 0 atom stereocenters. The Morgan fingerprint density at radius 3 is 2.39 bits per heavy atom. The molecule has 0 aliphatic heterocycles. The normalized spacial score (nSPS) is 10.8. The number of hydrogen-bond donors (Lipinski definition) is 1. The summed E-state index contributed by atoms with van der Waals surface area (Å²) in [6.07, 6.45) is 1.67. The van der Waals surface area contributed by atoms with E-state index in [-0.39, 0.29) is 15.6 Å². The molecule has 23 heavy (non-hydrogen) atoms. The lowest BCUT2D eigenvalue weighted by atomic mass is 10.1. The van der Waals surface area contributed by atoms with Crippen molar-refractivity contribution in [3.63, 3.8) is 0 Å². The molecule has 0 radical (unpaired) electrons. The van der Waals surface area contributed by atoms with Crippen molar-refractivity contribution >= 4 is 57.3 Å². The van der Waals surface area contributed by atoms with Gasteiger partial charge in [0.05, 0.1) is 31.8 Å². The molecule has 1 amide bonds. The molecule has 0 unspecified atom stereocenters. The van der Waals surface area contributed by atoms with Crippen molar-refractivity contribution in [1.82, 2.24) is 4.98 Å². The first-order valence-electron chi connectivity index (χ1n) is 6.78. The fourth-order valence-electron chi connectivity index (χ4n) is 2.29. The van der Waals surface area contributed by atoms with Gasteiger partial charge in [-0.15, -0.1) is 0 Å². The molecule has 6 heteroatoms. The zero-order chi connectivity index (χ0) is 16.6. The molecule has 0 saturated carbocycles. The Labute approximate surface area is 148 Å². The van der Waals surface area contributed by atoms with Gasteiger partial charge in [0, 0.05) is 11.6 Å². The van der Waals surface area contributed by atoms with E-state index < -0.39 is 5.91 Å². The number of rotatable bonds is 2. The second kappa shape index (κ2) is 6.36. The maximum atomic E-state index is 12.5. The van der Waals surface area contributed by atoms with Crippen LogP contribution in [0.5, 0.6) is 0 Å². The van der Waals surface area contributed by atoms with E-state index in [1.165, 1.54) is 0 Å². The molecule has 2 aromatic carbocycles. The number of aromatic nitrogens is 1. The van der Waals surface area contributed by atoms with Gasteiger partial charge in [0.2, 0.25) is 0 Å². The average Bonchev–Trinajstić information content (AvgIpc) is 2.51. The van der Waals surface area contributed by atoms with Gasteiger partial charge in [-0.05, 0) is 30.7 Å². The molecular weight excluding hydrogens is 355 g/mol. The summed E-state index contributed by atoms with van der Waals surface area (Å²) < 4.78 is 0. The zero-order valence-electron chi connectivity index (χ0n) is 12.0. The van der Waals surface area contributed by atoms with Crippen LogP contribution in [0, 0.1) is 6.92 Å². The van der Waals surface area contributed by atoms with Crippen LogP contribution in [-0.2, 0) is 0 Å². The summed E-state index contributed by atoms with van der Waals surface area (Å²) in [5, 5.41) is 4.76. The lowest BCUT2D eigenvalue weighted by molar-refractivity contribution is 0.102. The third kappa shape index (κ3) is 3.00. The predicted molar refractivity (Wildman–Crippen MR) is 95.9 cm³/mol. The Morgan fingerprint density at radius 2 is 1.70 bits per heavy atom. The number of fused-ring (bicyclic) bond motifs is 1. The van der Waals surface area contributed by atoms with Crippen LogP contribution < -0.4 is 5.32 Å². The lowest BCUT2D eigenvalue weighted by Gasteiger charge is -2.11. The van der Waals surface area contributed by atoms with E-state index in [9.17, 15) is 4.79 Å². The number of para-hydroxylation sites is 1. The van der Waals surface area contributed by atoms with Gasteiger partial charge in [-0.25, -0.2) is 0 Å². The number of nitrogens with one attached hydrogen (secondary N) is 1. The number of benzene rings is 2. The number of amides is 1. The minimum atomic E-state index is -0.397. The molecule has 116 valence electrons. The number of carbonyl (C=O) groups is 1. The zero-order valence-corrected chi connectivity index (χ0v) is 14.3. The topological polar surface area (TPSA) is 42.0 Å². The molecule has 1 heterocycles. The van der Waals surface area contributed by atoms with E-state index in [0.717, 1.165) is 10.9 Å². The number of aryl methyl sites for hydroxylation is 1. The summed E-state index contributed by atoms with van der Waals surface area (Å²) in [5.74, 6) is -0.397. The highest BCUT2D eigenvalue weighted by molar-refractivity contribution is 6.40. The van der Waals surface area contributed by atoms with Crippen molar-refractivity contribution in [3.8, 4) is 0 Å². The minimum Gasteiger partial charge on any atom is -0.320 e. The van der Waals surface area contributed by atoms with Crippen LogP contribution in [0.3, 0.4) is 0 Å². The molecule has 0 aliphatic carbocycles. The maximum absolute atomic E-state index is 12.5. The summed E-state index contributed by atoms with van der Waals surface area (Å²) >= 11 is 18.5. The van der Waals surface area contributed by atoms with Crippen LogP contribution in [-0.4, -0.2) is 10.9 Å². The van der Waals surface area contributed by atoms with Gasteiger partial charge in [-0.3, -0.25) is 9.78 Å². The summed E-state index contributed by atoms with van der Waals surface area (Å²) in [7, 11) is 0. The number of nitrogens with zero attached hydrogens (tertiary/aromatic N) is 1. The molecule has 1 N–H and O–H groups in total. The molecule has 3 aromatic rings. The molecule has 0 bridgehead atoms. The highest BCUT2D eigenvalue weighted by atomic mass is 35.5. The summed E-state index contributed by atoms with van der Waals surface area (Å²) in [4.78, 5) is 16.9. The lowest BCUT2D eigenvalue weighted by Crippen LogP contribution is -2.13. The molecule has 3 rings (SSSR count). The smallest absolute Gasteiger partial charge is 0.258 e. The Morgan fingerprint density at radius 1 is 1.04 bits per heavy atom. The quantitative estimate of drug-likeness (QED) is 0.627. The molecule has 0 spiro atoms. The predicted octanol–water partition coefficient (Wildman–Crippen LogP) is 5.76. The molecule has 1 aromatic heterocycles. The van der Waals surface area contributed by atoms with Crippen LogP contribution in [0.1, 0.15) is 15.9 Å². The van der Waals surface area contributed by atoms with Gasteiger partial charge in [0.15, 0.2) is 0 Å². The summed E-state index contributed by atoms with van der Waals surface area (Å²) in [6, 6.07) is 10.3. The van der Waals surface area contributed by atoms with Crippen LogP contribution in [0.4, 0.5) is 5.69 Å². The Kier molecular flexibility index (Phi) is 4.44. The van der Waals surface area contributed by atoms with E-state index in [1.807, 2.05) is 13.0 Å². The number of carbonyl (C=O) groups excluding carboxylic acids is 1. The highest BCUT2D eigenvalue weighted by Gasteiger charge is 2.16. The first-order chi connectivity index (χ1) is 11.0. The van der Waals surface area contributed by atoms with Crippen molar-refractivity contribution in [2.45, 2.75) is 6.92 Å². The average molecular weight is 366 g/mol. The van der Waals surface area contributed by atoms with Gasteiger partial charge < -0.3 is 5.32 Å². The van der Waals surface area contributed by atoms with E-state index in [1.54, 1.807) is 36.5 Å². The molecule has 0 saturated heterocycles. The van der Waals surface area contributed by atoms with E-state index in [4.69, 9.17) is 34.8 Å². The standard InChI is InChI=1S/C17H11Cl3N2O/c1-9-8-21-16-10(15(9)20)4-2-7-13(16)22-17(23)14-11(18)5-3-6-12(14)19/h2-8H,1H3,(H,22,23). The minimum absolute atomic E-state index is 0.228. The number of anilines is 1. The summed E-state index contributed by atoms with van der Waals surface area (Å²) in [6.45, 7) is 1.88. The van der Waals surface area contributed by atoms with Crippen molar-refractivity contribution in [2.24, 2.45) is 0 Å². The van der Waals surface area contributed by atoms with Crippen molar-refractivity contribution in [2.75, 3.05) is 5.32 Å². The highest BCUT2D eigenvalue weighted by Crippen LogP contribution is 2.31. The monoisotopic (exact) mass is 364 g/mol. The molecule has 0 aliphatic rings. The maximum Gasteiger partial charge on any atom is 0.258 e. The fourth-order valence-corrected chi connectivity index (χ4v) is 3.06. The van der Waals surface area contributed by atoms with Crippen molar-refractivity contribution in [1.29, 1.82) is 0 Å². The van der Waals surface area contributed by atoms with E-state index in [2.05, 4.69) is 10.3 Å². The third-order valence-corrected chi connectivity index (χ3v) is 4.58. The molecule has 0 fully saturated rings. The van der Waals surface area contributed by atoms with Gasteiger partial charge >= 0.3 is 0 Å². The Balaban J connectivity index is 2.06. The number of halogens is 3. The van der Waals surface area contributed by atoms with Crippen molar-refractivity contribution in [3.05, 3.63) is 68.8 Å². The number of hydrogen-bond acceptors (Lipinski definition) is 2. The summed E-state index contributed by atoms with van der Waals surface area (Å²) in [5.41, 5.74) is 2.26. The van der Waals surface area contributed by atoms with Gasteiger partial charge in [0.1, 0.15) is 0 Å². The first kappa shape index (κ1) is 16.1. The van der Waals surface area contributed by atoms with E-state index in [0.29, 0.717) is 16.2 Å². The second-order valence-electron chi connectivity index (χ2n) is 5.01. The van der Waals surface area contributed by atoms with Crippen LogP contribution in [0.25, 0.3) is 10.9 Å². The first-order valence-corrected chi connectivity index (χ1v) is 7.91. The largest absolute Gasteiger partial charge is 0.320 e. The van der Waals surface area contributed by atoms with Gasteiger partial charge in [-0.1, -0.05) is 53.0 Å². The Hall–Kier alpha value is -1.81.